The third kappa shape index (κ3) is 9.17. The summed E-state index contributed by atoms with van der Waals surface area (Å²) in [4.78, 5) is 86.3. The lowest BCUT2D eigenvalue weighted by atomic mass is 9.44. The highest BCUT2D eigenvalue weighted by atomic mass is 16.6. The van der Waals surface area contributed by atoms with Gasteiger partial charge in [0.15, 0.2) is 23.6 Å². The fraction of sp³-hybridized carbons (Fsp3) is 0.583. The molecule has 6 rings (SSSR count). The average Bonchev–Trinajstić information content (AvgIpc) is 3.22. The number of ketones is 1. The summed E-state index contributed by atoms with van der Waals surface area (Å²) < 4.78 is 36.2. The molecule has 17 heteroatoms. The number of alkyl carbamates (subject to hydrolysis) is 1. The van der Waals surface area contributed by atoms with Crippen molar-refractivity contribution in [3.63, 3.8) is 0 Å². The number of ether oxygens (including phenoxy) is 6. The van der Waals surface area contributed by atoms with Crippen molar-refractivity contribution in [1.82, 2.24) is 10.2 Å². The van der Waals surface area contributed by atoms with E-state index in [0.29, 0.717) is 5.56 Å². The van der Waals surface area contributed by atoms with Crippen molar-refractivity contribution < 1.29 is 72.5 Å². The Morgan fingerprint density at radius 3 is 2.12 bits per heavy atom. The van der Waals surface area contributed by atoms with E-state index in [1.54, 1.807) is 102 Å². The molecule has 2 bridgehead atoms. The number of fused-ring (bicyclic) bond motifs is 5. The molecule has 0 aromatic heterocycles. The third-order valence-corrected chi connectivity index (χ3v) is 13.6. The van der Waals surface area contributed by atoms with Gasteiger partial charge in [-0.15, -0.1) is 0 Å². The van der Waals surface area contributed by atoms with Crippen LogP contribution < -0.4 is 5.32 Å². The number of rotatable bonds is 12. The maximum absolute atomic E-state index is 15.8. The number of esters is 4. The molecular weight excluding hydrogens is 845 g/mol. The minimum absolute atomic E-state index is 0.00520. The highest BCUT2D eigenvalue weighted by Crippen LogP contribution is 2.64. The van der Waals surface area contributed by atoms with E-state index in [1.807, 2.05) is 0 Å². The maximum Gasteiger partial charge on any atom is 0.408 e. The number of hydrogen-bond acceptors (Lipinski definition) is 16. The number of aliphatic hydroxyl groups excluding tert-OH is 2. The van der Waals surface area contributed by atoms with Gasteiger partial charge in [0.2, 0.25) is 0 Å². The van der Waals surface area contributed by atoms with Crippen LogP contribution in [0.1, 0.15) is 96.6 Å². The van der Waals surface area contributed by atoms with E-state index in [4.69, 9.17) is 28.4 Å². The number of hydrogen-bond donors (Lipinski definition) is 4. The van der Waals surface area contributed by atoms with Gasteiger partial charge in [0, 0.05) is 31.7 Å². The highest BCUT2D eigenvalue weighted by molar-refractivity contribution is 5.96. The Kier molecular flexibility index (Phi) is 13.8. The molecule has 3 fully saturated rings. The lowest BCUT2D eigenvalue weighted by molar-refractivity contribution is -0.346. The minimum atomic E-state index is -2.42. The molecule has 1 aliphatic heterocycles. The van der Waals surface area contributed by atoms with E-state index in [2.05, 4.69) is 5.32 Å². The molecule has 11 atom stereocenters. The number of carbonyl (C=O) groups excluding carboxylic acids is 6. The first kappa shape index (κ1) is 49.2. The molecule has 17 nitrogen and oxygen atoms in total. The summed E-state index contributed by atoms with van der Waals surface area (Å²) >= 11 is 0. The van der Waals surface area contributed by atoms with Gasteiger partial charge < -0.3 is 54.0 Å². The Bertz CT molecular complexity index is 2190. The lowest BCUT2D eigenvalue weighted by Gasteiger charge is -2.67. The first-order chi connectivity index (χ1) is 30.3. The second-order valence-electron chi connectivity index (χ2n) is 19.6. The van der Waals surface area contributed by atoms with Crippen molar-refractivity contribution in [2.45, 2.75) is 134 Å². The molecule has 0 radical (unpaired) electrons. The van der Waals surface area contributed by atoms with Crippen LogP contribution in [0.15, 0.2) is 71.8 Å². The van der Waals surface area contributed by atoms with Gasteiger partial charge in [0.1, 0.15) is 29.5 Å². The summed E-state index contributed by atoms with van der Waals surface area (Å²) in [6.45, 7) is 12.1. The number of benzene rings is 2. The lowest BCUT2D eigenvalue weighted by Crippen LogP contribution is -2.82. The van der Waals surface area contributed by atoms with E-state index in [-0.39, 0.29) is 42.7 Å². The Balaban J connectivity index is 1.55. The molecule has 4 N–H and O–H groups in total. The van der Waals surface area contributed by atoms with Crippen molar-refractivity contribution >= 4 is 35.8 Å². The number of nitrogens with zero attached hydrogens (tertiary/aromatic N) is 1. The van der Waals surface area contributed by atoms with E-state index in [0.717, 1.165) is 6.92 Å². The van der Waals surface area contributed by atoms with E-state index in [9.17, 15) is 39.3 Å². The van der Waals surface area contributed by atoms with Gasteiger partial charge in [0.25, 0.3) is 0 Å². The first-order valence-corrected chi connectivity index (χ1v) is 21.8. The van der Waals surface area contributed by atoms with Crippen molar-refractivity contribution in [1.29, 1.82) is 0 Å². The molecule has 65 heavy (non-hydrogen) atoms. The molecule has 1 heterocycles. The van der Waals surface area contributed by atoms with Crippen molar-refractivity contribution in [2.75, 3.05) is 27.2 Å². The molecule has 2 saturated carbocycles. The second-order valence-corrected chi connectivity index (χ2v) is 19.6. The molecule has 354 valence electrons. The predicted octanol–water partition coefficient (Wildman–Crippen LogP) is 3.76. The van der Waals surface area contributed by atoms with Gasteiger partial charge >= 0.3 is 30.0 Å². The first-order valence-electron chi connectivity index (χ1n) is 21.8. The van der Waals surface area contributed by atoms with Crippen LogP contribution in [-0.4, -0.2) is 137 Å². The topological polar surface area (TPSA) is 234 Å². The molecule has 2 aromatic carbocycles. The van der Waals surface area contributed by atoms with Crippen LogP contribution in [0, 0.1) is 16.7 Å². The summed E-state index contributed by atoms with van der Waals surface area (Å²) in [6.07, 6.45) is -11.8. The average molecular weight is 907 g/mol. The van der Waals surface area contributed by atoms with Gasteiger partial charge in [-0.1, -0.05) is 62.4 Å². The van der Waals surface area contributed by atoms with Crippen LogP contribution in [-0.2, 0) is 47.6 Å². The van der Waals surface area contributed by atoms with Crippen LogP contribution in [0.2, 0.25) is 0 Å². The zero-order valence-electron chi connectivity index (χ0n) is 38.6. The molecule has 4 aliphatic rings. The van der Waals surface area contributed by atoms with Gasteiger partial charge in [-0.25, -0.2) is 14.4 Å². The molecule has 0 spiro atoms. The Hall–Kier alpha value is -5.20. The third-order valence-electron chi connectivity index (χ3n) is 13.6. The Morgan fingerprint density at radius 1 is 0.954 bits per heavy atom. The van der Waals surface area contributed by atoms with E-state index < -0.39 is 118 Å². The van der Waals surface area contributed by atoms with Gasteiger partial charge in [-0.2, -0.15) is 0 Å². The predicted molar refractivity (Wildman–Crippen MR) is 231 cm³/mol. The molecule has 1 saturated heterocycles. The molecule has 2 aromatic rings. The van der Waals surface area contributed by atoms with Gasteiger partial charge in [-0.05, 0) is 77.6 Å². The second kappa shape index (κ2) is 18.2. The fourth-order valence-corrected chi connectivity index (χ4v) is 10.1. The standard InChI is InChI=1S/C48H62N2O15/c1-26-30(61-42(57)36(54)35(28-17-13-11-14-18-28)49-43(58)65-44(3,4)5)24-48(59)40(63-41(56)29-19-15-12-16-20-29)38-46(8,31(52)23-32-47(38,25-60-32)64-27(2)51)39(55)37(34(26)45(48,6)7)62-33(53)21-22-50(9)10/h11-20,30-32,35-38,40,52,54,59H,21-25H2,1-10H3,(H,49,58)/t30-,31-,32+,35-,36+,37+,38-,40-,46+,47-,48+/m0/s1. The number of carbonyl (C=O) groups is 6. The smallest absolute Gasteiger partial charge is 0.408 e. The number of amides is 1. The van der Waals surface area contributed by atoms with Crippen LogP contribution in [0.3, 0.4) is 0 Å². The molecule has 0 unspecified atom stereocenters. The largest absolute Gasteiger partial charge is 0.456 e. The van der Waals surface area contributed by atoms with Gasteiger partial charge in [0.05, 0.1) is 42.1 Å². The van der Waals surface area contributed by atoms with Gasteiger partial charge in [-0.3, -0.25) is 14.4 Å². The quantitative estimate of drug-likeness (QED) is 0.135. The maximum atomic E-state index is 15.8. The van der Waals surface area contributed by atoms with Crippen LogP contribution >= 0.6 is 0 Å². The number of aliphatic hydroxyl groups is 3. The fourth-order valence-electron chi connectivity index (χ4n) is 10.1. The molecular formula is C48H62N2O15. The van der Waals surface area contributed by atoms with Crippen molar-refractivity contribution in [3.8, 4) is 0 Å². The van der Waals surface area contributed by atoms with Crippen LogP contribution in [0.5, 0.6) is 0 Å². The van der Waals surface area contributed by atoms with E-state index in [1.165, 1.54) is 26.0 Å². The summed E-state index contributed by atoms with van der Waals surface area (Å²) in [7, 11) is 3.49. The van der Waals surface area contributed by atoms with Crippen LogP contribution in [0.25, 0.3) is 0 Å². The normalized spacial score (nSPS) is 31.3. The Labute approximate surface area is 378 Å². The van der Waals surface area contributed by atoms with Crippen molar-refractivity contribution in [2.24, 2.45) is 16.7 Å². The molecule has 1 amide bonds. The summed E-state index contributed by atoms with van der Waals surface area (Å²) in [5.41, 5.74) is -8.37. The minimum Gasteiger partial charge on any atom is -0.456 e. The summed E-state index contributed by atoms with van der Waals surface area (Å²) in [5.74, 6) is -6.21. The zero-order valence-corrected chi connectivity index (χ0v) is 38.6. The number of nitrogens with one attached hydrogen (secondary N) is 1. The number of Topliss-reactive ketones (excluding diaryl/α,β-unsaturated/α-hetero) is 1. The highest BCUT2D eigenvalue weighted by Gasteiger charge is 2.78. The molecule has 3 aliphatic carbocycles. The summed E-state index contributed by atoms with van der Waals surface area (Å²) in [6, 6.07) is 14.6. The zero-order chi connectivity index (χ0) is 48.0. The van der Waals surface area contributed by atoms with Crippen LogP contribution in [0.4, 0.5) is 4.79 Å². The SMILES string of the molecule is CC(=O)O[C@@]12CO[C@@H]1C[C@H](O)[C@@]1(C)C(=O)[C@H](OC(=O)CCN(C)C)C3=C(C)[C@@H](OC(=O)[C@H](O)[C@@H](NC(=O)OC(C)(C)C)c4ccccc4)C[C@@](O)([C@@H](OC(=O)c4ccccc4)[C@H]21)C3(C)C. The monoisotopic (exact) mass is 906 g/mol. The van der Waals surface area contributed by atoms with Crippen molar-refractivity contribution in [3.05, 3.63) is 82.9 Å². The Morgan fingerprint density at radius 2 is 1.57 bits per heavy atom. The summed E-state index contributed by atoms with van der Waals surface area (Å²) in [5, 5.41) is 40.3. The van der Waals surface area contributed by atoms with E-state index >= 15 is 4.79 Å².